The quantitative estimate of drug-likeness (QED) is 0.710. The van der Waals surface area contributed by atoms with Gasteiger partial charge in [-0.25, -0.2) is 0 Å². The Morgan fingerprint density at radius 3 is 2.40 bits per heavy atom. The second-order valence-electron chi connectivity index (χ2n) is 8.72. The zero-order chi connectivity index (χ0) is 20.8. The Balaban J connectivity index is 1.56. The second kappa shape index (κ2) is 7.47. The van der Waals surface area contributed by atoms with Gasteiger partial charge in [0, 0.05) is 36.6 Å². The monoisotopic (exact) mass is 403 g/mol. The molecule has 0 saturated carbocycles. The number of nitrogens with zero attached hydrogens (tertiary/aromatic N) is 2. The van der Waals surface area contributed by atoms with Crippen LogP contribution in [0.3, 0.4) is 0 Å². The third-order valence-corrected chi connectivity index (χ3v) is 7.12. The van der Waals surface area contributed by atoms with Crippen LogP contribution < -0.4 is 10.1 Å². The number of hydrogen-bond acceptors (Lipinski definition) is 3. The van der Waals surface area contributed by atoms with Gasteiger partial charge in [-0.2, -0.15) is 0 Å². The van der Waals surface area contributed by atoms with Gasteiger partial charge in [0.1, 0.15) is 5.75 Å². The smallest absolute Gasteiger partial charge is 0.254 e. The third kappa shape index (κ3) is 3.08. The van der Waals surface area contributed by atoms with E-state index in [1.807, 2.05) is 43.4 Å². The lowest BCUT2D eigenvalue weighted by Gasteiger charge is -2.36. The van der Waals surface area contributed by atoms with Crippen molar-refractivity contribution < 1.29 is 9.53 Å². The van der Waals surface area contributed by atoms with Gasteiger partial charge in [-0.3, -0.25) is 4.79 Å². The summed E-state index contributed by atoms with van der Waals surface area (Å²) in [5, 5.41) is 4.35. The molecule has 0 radical (unpaired) electrons. The van der Waals surface area contributed by atoms with Crippen LogP contribution in [0.4, 0.5) is 0 Å². The molecule has 0 aliphatic carbocycles. The van der Waals surface area contributed by atoms with E-state index in [9.17, 15) is 4.79 Å². The number of carbonyl (C=O) groups excluding carboxylic acids is 1. The Kier molecular flexibility index (Phi) is 4.78. The number of hydrogen-bond donors (Lipinski definition) is 1. The summed E-state index contributed by atoms with van der Waals surface area (Å²) in [6.45, 7) is 0. The number of amides is 1. The maximum absolute atomic E-state index is 13.6. The summed E-state index contributed by atoms with van der Waals surface area (Å²) >= 11 is 0. The number of nitrogens with one attached hydrogen (secondary N) is 1. The molecule has 0 spiro atoms. The van der Waals surface area contributed by atoms with Crippen LogP contribution in [0.2, 0.25) is 0 Å². The summed E-state index contributed by atoms with van der Waals surface area (Å²) in [6.07, 6.45) is 4.57. The van der Waals surface area contributed by atoms with Crippen LogP contribution in [-0.2, 0) is 7.05 Å². The van der Waals surface area contributed by atoms with Gasteiger partial charge in [0.15, 0.2) is 0 Å². The molecular weight excluding hydrogens is 374 g/mol. The number of benzene rings is 2. The van der Waals surface area contributed by atoms with Crippen molar-refractivity contribution in [2.45, 2.75) is 43.8 Å². The number of methoxy groups -OCH3 is 1. The van der Waals surface area contributed by atoms with Crippen molar-refractivity contribution in [3.63, 3.8) is 0 Å². The predicted molar refractivity (Wildman–Crippen MR) is 120 cm³/mol. The van der Waals surface area contributed by atoms with Gasteiger partial charge >= 0.3 is 0 Å². The number of rotatable bonds is 4. The lowest BCUT2D eigenvalue weighted by Crippen LogP contribution is -2.48. The van der Waals surface area contributed by atoms with Crippen molar-refractivity contribution in [1.29, 1.82) is 0 Å². The highest BCUT2D eigenvalue weighted by Gasteiger charge is 2.39. The van der Waals surface area contributed by atoms with Crippen LogP contribution in [0.1, 0.15) is 36.0 Å². The summed E-state index contributed by atoms with van der Waals surface area (Å²) < 4.78 is 7.55. The Morgan fingerprint density at radius 2 is 1.73 bits per heavy atom. The molecule has 5 heteroatoms. The van der Waals surface area contributed by atoms with Crippen LogP contribution in [0, 0.1) is 0 Å². The average molecular weight is 404 g/mol. The largest absolute Gasteiger partial charge is 0.497 e. The molecule has 1 N–H and O–H groups in total. The lowest BCUT2D eigenvalue weighted by atomic mass is 9.97. The molecule has 2 aromatic carbocycles. The molecule has 30 heavy (non-hydrogen) atoms. The fraction of sp³-hybridized carbons (Fsp3) is 0.400. The Bertz CT molecular complexity index is 1070. The van der Waals surface area contributed by atoms with Gasteiger partial charge in [-0.1, -0.05) is 30.3 Å². The predicted octanol–water partition coefficient (Wildman–Crippen LogP) is 4.21. The fourth-order valence-corrected chi connectivity index (χ4v) is 5.49. The normalized spacial score (nSPS) is 23.6. The molecule has 1 aromatic heterocycles. The van der Waals surface area contributed by atoms with Crippen molar-refractivity contribution >= 4 is 16.8 Å². The number of aryl methyl sites for hydroxylation is 1. The first kappa shape index (κ1) is 19.2. The van der Waals surface area contributed by atoms with Crippen molar-refractivity contribution in [3.8, 4) is 17.0 Å². The zero-order valence-electron chi connectivity index (χ0n) is 17.9. The molecule has 1 unspecified atom stereocenters. The minimum absolute atomic E-state index is 0.0265. The maximum atomic E-state index is 13.6. The first-order valence-corrected chi connectivity index (χ1v) is 10.8. The van der Waals surface area contributed by atoms with E-state index in [0.29, 0.717) is 12.1 Å². The third-order valence-electron chi connectivity index (χ3n) is 7.12. The summed E-state index contributed by atoms with van der Waals surface area (Å²) in [4.78, 5) is 16.1. The fourth-order valence-electron chi connectivity index (χ4n) is 5.49. The maximum Gasteiger partial charge on any atom is 0.254 e. The topological polar surface area (TPSA) is 46.5 Å². The lowest BCUT2D eigenvalue weighted by molar-refractivity contribution is 0.0884. The molecule has 5 rings (SSSR count). The molecule has 2 bridgehead atoms. The number of fused-ring (bicyclic) bond motifs is 3. The summed E-state index contributed by atoms with van der Waals surface area (Å²) in [5.41, 5.74) is 3.76. The van der Waals surface area contributed by atoms with Gasteiger partial charge < -0.3 is 19.5 Å². The standard InChI is InChI=1S/C25H29N3O2/c1-27-18-9-10-19(27)14-17(13-18)26-25(29)23-21-12-11-20(30-3)15-22(21)28(2)24(23)16-7-5-4-6-8-16/h4-8,11-12,15,17-19H,9-10,13-14H2,1-3H3,(H,26,29)/t17?,18-,19+. The van der Waals surface area contributed by atoms with Gasteiger partial charge in [-0.15, -0.1) is 0 Å². The summed E-state index contributed by atoms with van der Waals surface area (Å²) in [7, 11) is 5.92. The molecule has 3 atom stereocenters. The molecular formula is C25H29N3O2. The van der Waals surface area contributed by atoms with Crippen molar-refractivity contribution in [2.75, 3.05) is 14.2 Å². The van der Waals surface area contributed by atoms with E-state index in [1.165, 1.54) is 12.8 Å². The molecule has 1 amide bonds. The minimum atomic E-state index is 0.0265. The highest BCUT2D eigenvalue weighted by atomic mass is 16.5. The van der Waals surface area contributed by atoms with E-state index in [2.05, 4.69) is 34.0 Å². The molecule has 3 aromatic rings. The van der Waals surface area contributed by atoms with Crippen LogP contribution in [0.15, 0.2) is 48.5 Å². The van der Waals surface area contributed by atoms with Crippen LogP contribution in [0.25, 0.3) is 22.2 Å². The van der Waals surface area contributed by atoms with Gasteiger partial charge in [0.05, 0.1) is 23.9 Å². The van der Waals surface area contributed by atoms with E-state index >= 15 is 0 Å². The SMILES string of the molecule is COc1ccc2c(C(=O)NC3C[C@H]4CC[C@@H](C3)N4C)c(-c3ccccc3)n(C)c2c1. The Hall–Kier alpha value is -2.79. The van der Waals surface area contributed by atoms with Crippen LogP contribution in [0.5, 0.6) is 5.75 Å². The van der Waals surface area contributed by atoms with E-state index < -0.39 is 0 Å². The van der Waals surface area contributed by atoms with Gasteiger partial charge in [0.2, 0.25) is 0 Å². The van der Waals surface area contributed by atoms with Crippen molar-refractivity contribution in [1.82, 2.24) is 14.8 Å². The number of aromatic nitrogens is 1. The first-order chi connectivity index (χ1) is 14.6. The van der Waals surface area contributed by atoms with E-state index in [4.69, 9.17) is 4.74 Å². The first-order valence-electron chi connectivity index (χ1n) is 10.8. The van der Waals surface area contributed by atoms with E-state index in [0.717, 1.165) is 46.3 Å². The summed E-state index contributed by atoms with van der Waals surface area (Å²) in [6, 6.07) is 17.6. The number of piperidine rings is 1. The van der Waals surface area contributed by atoms with Crippen molar-refractivity contribution in [3.05, 3.63) is 54.1 Å². The molecule has 2 fully saturated rings. The number of ether oxygens (including phenoxy) is 1. The second-order valence-corrected chi connectivity index (χ2v) is 8.72. The van der Waals surface area contributed by atoms with E-state index in [1.54, 1.807) is 7.11 Å². The molecule has 3 heterocycles. The van der Waals surface area contributed by atoms with Gasteiger partial charge in [-0.05, 0) is 50.4 Å². The van der Waals surface area contributed by atoms with E-state index in [-0.39, 0.29) is 11.9 Å². The highest BCUT2D eigenvalue weighted by molar-refractivity contribution is 6.13. The highest BCUT2D eigenvalue weighted by Crippen LogP contribution is 2.37. The van der Waals surface area contributed by atoms with Crippen LogP contribution >= 0.6 is 0 Å². The Labute approximate surface area is 177 Å². The molecule has 2 saturated heterocycles. The molecule has 5 nitrogen and oxygen atoms in total. The number of carbonyl (C=O) groups is 1. The summed E-state index contributed by atoms with van der Waals surface area (Å²) in [5.74, 6) is 0.820. The minimum Gasteiger partial charge on any atom is -0.497 e. The Morgan fingerprint density at radius 1 is 1.03 bits per heavy atom. The average Bonchev–Trinajstić information content (AvgIpc) is 3.15. The zero-order valence-corrected chi connectivity index (χ0v) is 17.9. The van der Waals surface area contributed by atoms with Gasteiger partial charge in [0.25, 0.3) is 5.91 Å². The molecule has 156 valence electrons. The van der Waals surface area contributed by atoms with Crippen LogP contribution in [-0.4, -0.2) is 47.7 Å². The van der Waals surface area contributed by atoms with Crippen molar-refractivity contribution in [2.24, 2.45) is 7.05 Å². The molecule has 2 aliphatic rings. The molecule has 2 aliphatic heterocycles.